The summed E-state index contributed by atoms with van der Waals surface area (Å²) in [6, 6.07) is 10.0. The van der Waals surface area contributed by atoms with E-state index < -0.39 is 0 Å². The van der Waals surface area contributed by atoms with Crippen LogP contribution in [0.3, 0.4) is 0 Å². The molecule has 0 N–H and O–H groups in total. The highest BCUT2D eigenvalue weighted by molar-refractivity contribution is 7.20. The molecule has 6 heteroatoms. The Labute approximate surface area is 151 Å². The first-order valence-corrected chi connectivity index (χ1v) is 9.17. The molecule has 0 spiro atoms. The van der Waals surface area contributed by atoms with Crippen LogP contribution in [0.25, 0.3) is 10.2 Å². The fourth-order valence-electron chi connectivity index (χ4n) is 2.76. The van der Waals surface area contributed by atoms with E-state index in [4.69, 9.17) is 4.74 Å². The van der Waals surface area contributed by atoms with Crippen LogP contribution in [0.2, 0.25) is 0 Å². The molecule has 0 aliphatic carbocycles. The van der Waals surface area contributed by atoms with Crippen molar-refractivity contribution < 1.29 is 9.53 Å². The number of amides is 1. The molecule has 0 atom stereocenters. The average molecular weight is 355 g/mol. The van der Waals surface area contributed by atoms with Crippen molar-refractivity contribution in [1.29, 1.82) is 0 Å². The Bertz CT molecular complexity index is 877. The second-order valence-electron chi connectivity index (χ2n) is 5.65. The lowest BCUT2D eigenvalue weighted by molar-refractivity contribution is 0.0757. The molecule has 0 aliphatic rings. The Kier molecular flexibility index (Phi) is 5.28. The van der Waals surface area contributed by atoms with E-state index in [1.165, 1.54) is 17.7 Å². The fraction of sp³-hybridized carbons (Fsp3) is 0.316. The summed E-state index contributed by atoms with van der Waals surface area (Å²) in [4.78, 5) is 25.0. The third-order valence-electron chi connectivity index (χ3n) is 4.05. The van der Waals surface area contributed by atoms with E-state index in [-0.39, 0.29) is 5.91 Å². The lowest BCUT2D eigenvalue weighted by Crippen LogP contribution is -2.30. The number of rotatable bonds is 6. The van der Waals surface area contributed by atoms with Gasteiger partial charge in [-0.3, -0.25) is 4.79 Å². The maximum absolute atomic E-state index is 13.1. The molecule has 2 aromatic heterocycles. The maximum atomic E-state index is 13.1. The van der Waals surface area contributed by atoms with Gasteiger partial charge >= 0.3 is 0 Å². The predicted octanol–water partition coefficient (Wildman–Crippen LogP) is 4.06. The second kappa shape index (κ2) is 7.61. The summed E-state index contributed by atoms with van der Waals surface area (Å²) >= 11 is 1.40. The van der Waals surface area contributed by atoms with E-state index in [1.807, 2.05) is 56.0 Å². The van der Waals surface area contributed by atoms with E-state index in [9.17, 15) is 4.79 Å². The zero-order valence-electron chi connectivity index (χ0n) is 14.7. The number of aryl methyl sites for hydroxylation is 1. The van der Waals surface area contributed by atoms with Crippen LogP contribution in [0.4, 0.5) is 0 Å². The molecule has 0 saturated carbocycles. The molecule has 3 aromatic rings. The number of aromatic nitrogens is 2. The number of benzene rings is 1. The molecule has 0 saturated heterocycles. The number of fused-ring (bicyclic) bond motifs is 1. The van der Waals surface area contributed by atoms with Gasteiger partial charge in [0.1, 0.15) is 11.2 Å². The second-order valence-corrected chi connectivity index (χ2v) is 6.65. The Balaban J connectivity index is 1.95. The van der Waals surface area contributed by atoms with Gasteiger partial charge in [-0.1, -0.05) is 30.3 Å². The molecule has 0 radical (unpaired) electrons. The van der Waals surface area contributed by atoms with Gasteiger partial charge in [-0.15, -0.1) is 11.3 Å². The van der Waals surface area contributed by atoms with Gasteiger partial charge in [0, 0.05) is 13.1 Å². The lowest BCUT2D eigenvalue weighted by Gasteiger charge is -2.20. The first-order valence-electron chi connectivity index (χ1n) is 8.35. The van der Waals surface area contributed by atoms with Crippen molar-refractivity contribution in [1.82, 2.24) is 14.9 Å². The SMILES string of the molecule is CCOc1ncnc2sc(C(=O)N(CC)Cc3ccccc3)c(C)c12. The molecule has 5 nitrogen and oxygen atoms in total. The smallest absolute Gasteiger partial charge is 0.264 e. The molecule has 3 rings (SSSR count). The zero-order chi connectivity index (χ0) is 17.8. The number of hydrogen-bond donors (Lipinski definition) is 0. The number of nitrogens with zero attached hydrogens (tertiary/aromatic N) is 3. The summed E-state index contributed by atoms with van der Waals surface area (Å²) in [5.74, 6) is 0.570. The third kappa shape index (κ3) is 3.49. The third-order valence-corrected chi connectivity index (χ3v) is 5.24. The van der Waals surface area contributed by atoms with Crippen LogP contribution < -0.4 is 4.74 Å². The van der Waals surface area contributed by atoms with Gasteiger partial charge < -0.3 is 9.64 Å². The van der Waals surface area contributed by atoms with Crippen LogP contribution in [0.15, 0.2) is 36.7 Å². The summed E-state index contributed by atoms with van der Waals surface area (Å²) < 4.78 is 5.61. The monoisotopic (exact) mass is 355 g/mol. The van der Waals surface area contributed by atoms with Gasteiger partial charge in [0.2, 0.25) is 5.88 Å². The van der Waals surface area contributed by atoms with Crippen LogP contribution in [0, 0.1) is 6.92 Å². The summed E-state index contributed by atoms with van der Waals surface area (Å²) in [5.41, 5.74) is 2.01. The number of thiophene rings is 1. The number of ether oxygens (including phenoxy) is 1. The largest absolute Gasteiger partial charge is 0.477 e. The fourth-order valence-corrected chi connectivity index (χ4v) is 3.87. The molecule has 0 fully saturated rings. The molecule has 130 valence electrons. The van der Waals surface area contributed by atoms with Crippen molar-refractivity contribution in [3.8, 4) is 5.88 Å². The topological polar surface area (TPSA) is 55.3 Å². The van der Waals surface area contributed by atoms with E-state index >= 15 is 0 Å². The lowest BCUT2D eigenvalue weighted by atomic mass is 10.1. The number of carbonyl (C=O) groups is 1. The van der Waals surface area contributed by atoms with Crippen molar-refractivity contribution >= 4 is 27.5 Å². The molecule has 1 amide bonds. The molecule has 0 aliphatic heterocycles. The Hall–Kier alpha value is -2.47. The minimum atomic E-state index is 0.0225. The van der Waals surface area contributed by atoms with Gasteiger partial charge in [0.25, 0.3) is 5.91 Å². The Morgan fingerprint density at radius 1 is 1.20 bits per heavy atom. The van der Waals surface area contributed by atoms with Gasteiger partial charge in [0.05, 0.1) is 16.9 Å². The normalized spacial score (nSPS) is 10.8. The van der Waals surface area contributed by atoms with Crippen LogP contribution in [0.5, 0.6) is 5.88 Å². The minimum Gasteiger partial charge on any atom is -0.477 e. The molecule has 0 bridgehead atoms. The minimum absolute atomic E-state index is 0.0225. The molecule has 25 heavy (non-hydrogen) atoms. The maximum Gasteiger partial charge on any atom is 0.264 e. The van der Waals surface area contributed by atoms with Crippen molar-refractivity contribution in [2.24, 2.45) is 0 Å². The number of carbonyl (C=O) groups excluding carboxylic acids is 1. The molecule has 2 heterocycles. The van der Waals surface area contributed by atoms with E-state index in [1.54, 1.807) is 0 Å². The van der Waals surface area contributed by atoms with Crippen LogP contribution in [0.1, 0.15) is 34.6 Å². The van der Waals surface area contributed by atoms with E-state index in [0.717, 1.165) is 21.3 Å². The first-order chi connectivity index (χ1) is 12.2. The van der Waals surface area contributed by atoms with Crippen molar-refractivity contribution in [3.63, 3.8) is 0 Å². The van der Waals surface area contributed by atoms with E-state index in [0.29, 0.717) is 30.5 Å². The van der Waals surface area contributed by atoms with Gasteiger partial charge in [-0.05, 0) is 31.9 Å². The zero-order valence-corrected chi connectivity index (χ0v) is 15.5. The molecule has 0 unspecified atom stereocenters. The van der Waals surface area contributed by atoms with Crippen molar-refractivity contribution in [3.05, 3.63) is 52.7 Å². The molecular formula is C19H21N3O2S. The Morgan fingerprint density at radius 3 is 2.64 bits per heavy atom. The first kappa shape index (κ1) is 17.4. The van der Waals surface area contributed by atoms with Gasteiger partial charge in [-0.2, -0.15) is 0 Å². The van der Waals surface area contributed by atoms with Gasteiger partial charge in [-0.25, -0.2) is 9.97 Å². The highest BCUT2D eigenvalue weighted by Crippen LogP contribution is 2.35. The summed E-state index contributed by atoms with van der Waals surface area (Å²) in [7, 11) is 0. The summed E-state index contributed by atoms with van der Waals surface area (Å²) in [6.45, 7) is 7.61. The highest BCUT2D eigenvalue weighted by Gasteiger charge is 2.23. The van der Waals surface area contributed by atoms with Crippen molar-refractivity contribution in [2.45, 2.75) is 27.3 Å². The predicted molar refractivity (Wildman–Crippen MR) is 100 cm³/mol. The molecular weight excluding hydrogens is 334 g/mol. The standard InChI is InChI=1S/C19H21N3O2S/c1-4-22(11-14-9-7-6-8-10-14)19(23)16-13(3)15-17(24-5-2)20-12-21-18(15)25-16/h6-10,12H,4-5,11H2,1-3H3. The summed E-state index contributed by atoms with van der Waals surface area (Å²) in [5, 5.41) is 0.841. The summed E-state index contributed by atoms with van der Waals surface area (Å²) in [6.07, 6.45) is 1.49. The van der Waals surface area contributed by atoms with E-state index in [2.05, 4.69) is 9.97 Å². The number of hydrogen-bond acceptors (Lipinski definition) is 5. The molecule has 1 aromatic carbocycles. The van der Waals surface area contributed by atoms with Crippen LogP contribution in [-0.2, 0) is 6.54 Å². The Morgan fingerprint density at radius 2 is 1.96 bits per heavy atom. The van der Waals surface area contributed by atoms with Crippen molar-refractivity contribution in [2.75, 3.05) is 13.2 Å². The van der Waals surface area contributed by atoms with Crippen LogP contribution >= 0.6 is 11.3 Å². The quantitative estimate of drug-likeness (QED) is 0.669. The highest BCUT2D eigenvalue weighted by atomic mass is 32.1. The average Bonchev–Trinajstić information content (AvgIpc) is 2.98. The van der Waals surface area contributed by atoms with Crippen LogP contribution in [-0.4, -0.2) is 33.9 Å². The van der Waals surface area contributed by atoms with Gasteiger partial charge in [0.15, 0.2) is 0 Å².